The Labute approximate surface area is 163 Å². The maximum Gasteiger partial charge on any atom is 0.208 e. The van der Waals surface area contributed by atoms with Crippen LogP contribution in [0.15, 0.2) is 24.3 Å². The van der Waals surface area contributed by atoms with E-state index in [-0.39, 0.29) is 0 Å². The third-order valence-electron chi connectivity index (χ3n) is 5.27. The lowest BCUT2D eigenvalue weighted by atomic mass is 10.2. The first kappa shape index (κ1) is 23.2. The van der Waals surface area contributed by atoms with Gasteiger partial charge in [0, 0.05) is 35.9 Å². The van der Waals surface area contributed by atoms with Gasteiger partial charge in [0.2, 0.25) is 16.6 Å². The number of nitrogens with zero attached hydrogens (tertiary/aromatic N) is 1. The largest absolute Gasteiger partial charge is 0.416 e. The molecule has 0 aliphatic rings. The smallest absolute Gasteiger partial charge is 0.208 e. The molecule has 2 atom stereocenters. The van der Waals surface area contributed by atoms with Crippen molar-refractivity contribution < 1.29 is 8.85 Å². The minimum Gasteiger partial charge on any atom is -0.416 e. The van der Waals surface area contributed by atoms with Crippen LogP contribution in [-0.2, 0) is 8.85 Å². The average molecular weight is 397 g/mol. The lowest BCUT2D eigenvalue weighted by molar-refractivity contribution is 0.304. The van der Waals surface area contributed by atoms with E-state index in [9.17, 15) is 0 Å². The van der Waals surface area contributed by atoms with Crippen molar-refractivity contribution in [3.05, 3.63) is 24.3 Å². The lowest BCUT2D eigenvalue weighted by Gasteiger charge is -2.49. The summed E-state index contributed by atoms with van der Waals surface area (Å²) in [5.74, 6) is 0. The van der Waals surface area contributed by atoms with Gasteiger partial charge in [-0.05, 0) is 77.1 Å². The van der Waals surface area contributed by atoms with Crippen LogP contribution in [0.3, 0.4) is 0 Å². The number of nitrogen functional groups attached to an aromatic ring is 1. The molecule has 0 radical (unpaired) electrons. The van der Waals surface area contributed by atoms with Crippen molar-refractivity contribution in [3.8, 4) is 0 Å². The van der Waals surface area contributed by atoms with Crippen LogP contribution in [0.25, 0.3) is 0 Å². The Morgan fingerprint density at radius 1 is 0.808 bits per heavy atom. The van der Waals surface area contributed by atoms with Gasteiger partial charge >= 0.3 is 0 Å². The molecule has 1 aromatic rings. The first-order valence-corrected chi connectivity index (χ1v) is 16.0. The van der Waals surface area contributed by atoms with Crippen LogP contribution in [0.1, 0.15) is 40.5 Å². The quantitative estimate of drug-likeness (QED) is 0.413. The Balaban J connectivity index is 3.47. The third-order valence-corrected chi connectivity index (χ3v) is 11.9. The summed E-state index contributed by atoms with van der Waals surface area (Å²) in [6.45, 7) is 19.7. The summed E-state index contributed by atoms with van der Waals surface area (Å²) in [5.41, 5.74) is 8.78. The van der Waals surface area contributed by atoms with Crippen LogP contribution < -0.4 is 10.6 Å². The van der Waals surface area contributed by atoms with E-state index >= 15 is 0 Å². The normalized spacial score (nSPS) is 14.9. The monoisotopic (exact) mass is 396 g/mol. The molecule has 0 aliphatic carbocycles. The van der Waals surface area contributed by atoms with Crippen LogP contribution in [0.2, 0.25) is 26.2 Å². The molecule has 0 bridgehead atoms. The minimum atomic E-state index is -1.91. The zero-order valence-electron chi connectivity index (χ0n) is 18.1. The zero-order chi connectivity index (χ0) is 20.0. The van der Waals surface area contributed by atoms with Crippen LogP contribution in [0.4, 0.5) is 11.4 Å². The molecule has 0 aliphatic heterocycles. The van der Waals surface area contributed by atoms with E-state index in [1.807, 2.05) is 12.1 Å². The van der Waals surface area contributed by atoms with Crippen molar-refractivity contribution in [2.24, 2.45) is 0 Å². The Kier molecular flexibility index (Phi) is 8.86. The molecule has 0 heterocycles. The second-order valence-electron chi connectivity index (χ2n) is 7.92. The Hall–Kier alpha value is -0.826. The number of hydrogen-bond acceptors (Lipinski definition) is 4. The summed E-state index contributed by atoms with van der Waals surface area (Å²) in [4.78, 5) is 2.63. The molecule has 6 heteroatoms. The van der Waals surface area contributed by atoms with Crippen LogP contribution in [0, 0.1) is 0 Å². The Morgan fingerprint density at radius 2 is 1.19 bits per heavy atom. The molecule has 0 saturated carbocycles. The van der Waals surface area contributed by atoms with Gasteiger partial charge < -0.3 is 19.5 Å². The standard InChI is InChI=1S/C20H40N2O2Si2/c1-9-19(25(5,6)23-11-3)22(18-15-13-17(21)14-16-18)20(10-2)26(7,8)24-12-4/h13-16,19-20H,9-12,21H2,1-8H3. The number of anilines is 2. The highest BCUT2D eigenvalue weighted by Gasteiger charge is 2.45. The molecule has 2 N–H and O–H groups in total. The van der Waals surface area contributed by atoms with E-state index in [2.05, 4.69) is 70.9 Å². The van der Waals surface area contributed by atoms with Gasteiger partial charge in [-0.15, -0.1) is 0 Å². The van der Waals surface area contributed by atoms with Gasteiger partial charge in [0.25, 0.3) is 0 Å². The summed E-state index contributed by atoms with van der Waals surface area (Å²) in [6.07, 6.45) is 2.13. The van der Waals surface area contributed by atoms with Gasteiger partial charge in [0.05, 0.1) is 0 Å². The summed E-state index contributed by atoms with van der Waals surface area (Å²) in [6, 6.07) is 8.33. The molecule has 0 amide bonds. The van der Waals surface area contributed by atoms with Crippen molar-refractivity contribution >= 4 is 28.0 Å². The van der Waals surface area contributed by atoms with E-state index in [1.165, 1.54) is 5.69 Å². The Bertz CT molecular complexity index is 509. The van der Waals surface area contributed by atoms with Gasteiger partial charge in [-0.25, -0.2) is 0 Å². The van der Waals surface area contributed by atoms with Gasteiger partial charge in [-0.2, -0.15) is 0 Å². The molecule has 0 saturated heterocycles. The fourth-order valence-corrected chi connectivity index (χ4v) is 10.2. The van der Waals surface area contributed by atoms with E-state index in [0.717, 1.165) is 31.7 Å². The summed E-state index contributed by atoms with van der Waals surface area (Å²) in [7, 11) is -3.82. The molecule has 0 aromatic heterocycles. The highest BCUT2D eigenvalue weighted by Crippen LogP contribution is 2.33. The molecule has 1 rings (SSSR count). The topological polar surface area (TPSA) is 47.7 Å². The molecule has 0 fully saturated rings. The second kappa shape index (κ2) is 9.92. The zero-order valence-corrected chi connectivity index (χ0v) is 20.1. The van der Waals surface area contributed by atoms with E-state index in [1.54, 1.807) is 0 Å². The molecular weight excluding hydrogens is 356 g/mol. The molecule has 4 nitrogen and oxygen atoms in total. The molecule has 150 valence electrons. The van der Waals surface area contributed by atoms with Crippen molar-refractivity contribution in [3.63, 3.8) is 0 Å². The third kappa shape index (κ3) is 5.58. The first-order chi connectivity index (χ1) is 12.1. The number of rotatable bonds is 11. The van der Waals surface area contributed by atoms with Crippen LogP contribution in [0.5, 0.6) is 0 Å². The average Bonchev–Trinajstić information content (AvgIpc) is 2.55. The molecule has 1 aromatic carbocycles. The van der Waals surface area contributed by atoms with Crippen LogP contribution >= 0.6 is 0 Å². The van der Waals surface area contributed by atoms with E-state index in [0.29, 0.717) is 11.3 Å². The maximum absolute atomic E-state index is 6.32. The molecule has 26 heavy (non-hydrogen) atoms. The van der Waals surface area contributed by atoms with Gasteiger partial charge in [-0.1, -0.05) is 13.8 Å². The molecule has 2 unspecified atom stereocenters. The van der Waals surface area contributed by atoms with Crippen molar-refractivity contribution in [1.29, 1.82) is 0 Å². The predicted molar refractivity (Wildman–Crippen MR) is 120 cm³/mol. The first-order valence-electron chi connectivity index (χ1n) is 10.1. The highest BCUT2D eigenvalue weighted by molar-refractivity contribution is 6.75. The van der Waals surface area contributed by atoms with E-state index in [4.69, 9.17) is 14.6 Å². The van der Waals surface area contributed by atoms with Crippen molar-refractivity contribution in [1.82, 2.24) is 0 Å². The number of benzene rings is 1. The molecular formula is C20H40N2O2Si2. The fraction of sp³-hybridized carbons (Fsp3) is 0.700. The summed E-state index contributed by atoms with van der Waals surface area (Å²) < 4.78 is 12.6. The van der Waals surface area contributed by atoms with E-state index < -0.39 is 16.6 Å². The van der Waals surface area contributed by atoms with Gasteiger partial charge in [0.1, 0.15) is 0 Å². The molecule has 0 spiro atoms. The van der Waals surface area contributed by atoms with Crippen molar-refractivity contribution in [2.75, 3.05) is 23.8 Å². The number of nitrogens with two attached hydrogens (primary N) is 1. The minimum absolute atomic E-state index is 0.392. The SMILES string of the molecule is CCO[Si](C)(C)C(CC)N(c1ccc(N)cc1)C(CC)[Si](C)(C)OCC. The predicted octanol–water partition coefficient (Wildman–Crippen LogP) is 5.19. The van der Waals surface area contributed by atoms with Gasteiger partial charge in [-0.3, -0.25) is 0 Å². The summed E-state index contributed by atoms with van der Waals surface area (Å²) in [5, 5.41) is 0. The fourth-order valence-electron chi connectivity index (χ4n) is 4.21. The lowest BCUT2D eigenvalue weighted by Crippen LogP contribution is -2.64. The van der Waals surface area contributed by atoms with Gasteiger partial charge in [0.15, 0.2) is 0 Å². The Morgan fingerprint density at radius 3 is 1.50 bits per heavy atom. The maximum atomic E-state index is 6.32. The number of hydrogen-bond donors (Lipinski definition) is 1. The van der Waals surface area contributed by atoms with Crippen LogP contribution in [-0.4, -0.2) is 41.2 Å². The van der Waals surface area contributed by atoms with Crippen molar-refractivity contribution in [2.45, 2.75) is 78.1 Å². The second-order valence-corrected chi connectivity index (χ2v) is 16.2. The highest BCUT2D eigenvalue weighted by atomic mass is 28.4. The summed E-state index contributed by atoms with van der Waals surface area (Å²) >= 11 is 0.